The second kappa shape index (κ2) is 9.34. The average Bonchev–Trinajstić information content (AvgIpc) is 2.63. The molecule has 25 heavy (non-hydrogen) atoms. The Bertz CT molecular complexity index is 760. The Morgan fingerprint density at radius 1 is 1.08 bits per heavy atom. The van der Waals surface area contributed by atoms with E-state index in [1.165, 1.54) is 25.3 Å². The summed E-state index contributed by atoms with van der Waals surface area (Å²) in [5.41, 5.74) is 0.550. The molecule has 130 valence electrons. The number of nitrogens with one attached hydrogen (secondary N) is 2. The molecule has 0 fully saturated rings. The number of amides is 2. The predicted molar refractivity (Wildman–Crippen MR) is 93.2 cm³/mol. The van der Waals surface area contributed by atoms with Gasteiger partial charge in [0.25, 0.3) is 11.8 Å². The number of carbonyl (C=O) groups excluding carboxylic acids is 2. The minimum Gasteiger partial charge on any atom is -0.383 e. The molecule has 0 saturated heterocycles. The standard InChI is InChI=1S/C19H19FN2O3/c1-25-12-11-21-19(24)17(13-15-9-5-6-10-16(15)20)22-18(23)14-7-3-2-4-8-14/h2-10,13H,11-12H2,1H3,(H,21,24)(H,22,23)/b17-13+. The highest BCUT2D eigenvalue weighted by molar-refractivity contribution is 6.05. The van der Waals surface area contributed by atoms with Gasteiger partial charge in [0.2, 0.25) is 0 Å². The van der Waals surface area contributed by atoms with Gasteiger partial charge in [0, 0.05) is 24.8 Å². The molecule has 0 aromatic heterocycles. The van der Waals surface area contributed by atoms with Crippen LogP contribution in [-0.4, -0.2) is 32.1 Å². The third-order valence-electron chi connectivity index (χ3n) is 3.33. The van der Waals surface area contributed by atoms with Crippen molar-refractivity contribution in [3.8, 4) is 0 Å². The van der Waals surface area contributed by atoms with Crippen LogP contribution in [0.3, 0.4) is 0 Å². The molecule has 2 amide bonds. The number of rotatable bonds is 7. The third-order valence-corrected chi connectivity index (χ3v) is 3.33. The topological polar surface area (TPSA) is 67.4 Å². The quantitative estimate of drug-likeness (QED) is 0.600. The van der Waals surface area contributed by atoms with Crippen LogP contribution in [0.1, 0.15) is 15.9 Å². The van der Waals surface area contributed by atoms with E-state index in [2.05, 4.69) is 10.6 Å². The number of halogens is 1. The zero-order valence-electron chi connectivity index (χ0n) is 13.8. The van der Waals surface area contributed by atoms with Crippen LogP contribution in [-0.2, 0) is 9.53 Å². The maximum atomic E-state index is 13.9. The number of hydrogen-bond acceptors (Lipinski definition) is 3. The van der Waals surface area contributed by atoms with Crippen molar-refractivity contribution < 1.29 is 18.7 Å². The van der Waals surface area contributed by atoms with Crippen molar-refractivity contribution in [2.24, 2.45) is 0 Å². The molecule has 0 saturated carbocycles. The second-order valence-electron chi connectivity index (χ2n) is 5.15. The van der Waals surface area contributed by atoms with Crippen LogP contribution in [0.2, 0.25) is 0 Å². The predicted octanol–water partition coefficient (Wildman–Crippen LogP) is 2.36. The summed E-state index contributed by atoms with van der Waals surface area (Å²) in [6.45, 7) is 0.594. The van der Waals surface area contributed by atoms with Gasteiger partial charge in [-0.05, 0) is 24.3 Å². The van der Waals surface area contributed by atoms with Crippen LogP contribution in [0.15, 0.2) is 60.3 Å². The molecule has 0 heterocycles. The summed E-state index contributed by atoms with van der Waals surface area (Å²) in [5, 5.41) is 5.15. The summed E-state index contributed by atoms with van der Waals surface area (Å²) in [5.74, 6) is -1.46. The Labute approximate surface area is 145 Å². The van der Waals surface area contributed by atoms with Crippen LogP contribution in [0.5, 0.6) is 0 Å². The molecule has 0 unspecified atom stereocenters. The monoisotopic (exact) mass is 342 g/mol. The molecule has 2 aromatic carbocycles. The smallest absolute Gasteiger partial charge is 0.267 e. The summed E-state index contributed by atoms with van der Waals surface area (Å²) < 4.78 is 18.7. The van der Waals surface area contributed by atoms with Gasteiger partial charge in [0.05, 0.1) is 6.61 Å². The van der Waals surface area contributed by atoms with E-state index < -0.39 is 17.6 Å². The molecule has 0 radical (unpaired) electrons. The van der Waals surface area contributed by atoms with Gasteiger partial charge >= 0.3 is 0 Å². The van der Waals surface area contributed by atoms with Gasteiger partial charge in [-0.2, -0.15) is 0 Å². The second-order valence-corrected chi connectivity index (χ2v) is 5.15. The zero-order chi connectivity index (χ0) is 18.1. The summed E-state index contributed by atoms with van der Waals surface area (Å²) in [6, 6.07) is 14.5. The van der Waals surface area contributed by atoms with Crippen LogP contribution in [0, 0.1) is 5.82 Å². The lowest BCUT2D eigenvalue weighted by Crippen LogP contribution is -2.36. The zero-order valence-corrected chi connectivity index (χ0v) is 13.8. The van der Waals surface area contributed by atoms with Crippen molar-refractivity contribution in [1.82, 2.24) is 10.6 Å². The molecular weight excluding hydrogens is 323 g/mol. The van der Waals surface area contributed by atoms with E-state index in [1.54, 1.807) is 42.5 Å². The maximum absolute atomic E-state index is 13.9. The molecule has 6 heteroatoms. The first-order chi connectivity index (χ1) is 12.1. The molecule has 0 spiro atoms. The highest BCUT2D eigenvalue weighted by Crippen LogP contribution is 2.11. The van der Waals surface area contributed by atoms with Crippen molar-refractivity contribution in [3.63, 3.8) is 0 Å². The molecule has 0 aliphatic carbocycles. The number of carbonyl (C=O) groups is 2. The SMILES string of the molecule is COCCNC(=O)/C(=C\c1ccccc1F)NC(=O)c1ccccc1. The average molecular weight is 342 g/mol. The minimum atomic E-state index is -0.524. The number of methoxy groups -OCH3 is 1. The fraction of sp³-hybridized carbons (Fsp3) is 0.158. The number of hydrogen-bond donors (Lipinski definition) is 2. The van der Waals surface area contributed by atoms with E-state index >= 15 is 0 Å². The van der Waals surface area contributed by atoms with E-state index in [0.717, 1.165) is 0 Å². The Morgan fingerprint density at radius 2 is 1.76 bits per heavy atom. The molecule has 2 aromatic rings. The molecular formula is C19H19FN2O3. The van der Waals surface area contributed by atoms with E-state index in [4.69, 9.17) is 4.74 Å². The fourth-order valence-corrected chi connectivity index (χ4v) is 2.05. The molecule has 0 aliphatic rings. The van der Waals surface area contributed by atoms with Gasteiger partial charge in [-0.25, -0.2) is 4.39 Å². The van der Waals surface area contributed by atoms with Crippen LogP contribution in [0.4, 0.5) is 4.39 Å². The van der Waals surface area contributed by atoms with Gasteiger partial charge in [-0.15, -0.1) is 0 Å². The summed E-state index contributed by atoms with van der Waals surface area (Å²) in [4.78, 5) is 24.6. The highest BCUT2D eigenvalue weighted by atomic mass is 19.1. The van der Waals surface area contributed by atoms with Crippen molar-refractivity contribution in [1.29, 1.82) is 0 Å². The molecule has 5 nitrogen and oxygen atoms in total. The number of benzene rings is 2. The van der Waals surface area contributed by atoms with Gasteiger partial charge < -0.3 is 15.4 Å². The lowest BCUT2D eigenvalue weighted by atomic mass is 10.1. The minimum absolute atomic E-state index is 0.0462. The first kappa shape index (κ1) is 18.4. The Balaban J connectivity index is 2.24. The highest BCUT2D eigenvalue weighted by Gasteiger charge is 2.15. The first-order valence-corrected chi connectivity index (χ1v) is 7.71. The summed E-state index contributed by atoms with van der Waals surface area (Å²) >= 11 is 0. The van der Waals surface area contributed by atoms with Crippen molar-refractivity contribution in [2.45, 2.75) is 0 Å². The lowest BCUT2D eigenvalue weighted by molar-refractivity contribution is -0.117. The largest absolute Gasteiger partial charge is 0.383 e. The van der Waals surface area contributed by atoms with Crippen molar-refractivity contribution >= 4 is 17.9 Å². The molecule has 0 bridgehead atoms. The fourth-order valence-electron chi connectivity index (χ4n) is 2.05. The molecule has 0 atom stereocenters. The van der Waals surface area contributed by atoms with Gasteiger partial charge in [-0.3, -0.25) is 9.59 Å². The van der Waals surface area contributed by atoms with Crippen molar-refractivity contribution in [3.05, 3.63) is 77.2 Å². The van der Waals surface area contributed by atoms with E-state index in [0.29, 0.717) is 12.2 Å². The lowest BCUT2D eigenvalue weighted by Gasteiger charge is -2.11. The van der Waals surface area contributed by atoms with Gasteiger partial charge in [0.1, 0.15) is 11.5 Å². The Morgan fingerprint density at radius 3 is 2.44 bits per heavy atom. The van der Waals surface area contributed by atoms with Crippen molar-refractivity contribution in [2.75, 3.05) is 20.3 Å². The third kappa shape index (κ3) is 5.54. The Kier molecular flexibility index (Phi) is 6.86. The summed E-state index contributed by atoms with van der Waals surface area (Å²) in [7, 11) is 1.51. The maximum Gasteiger partial charge on any atom is 0.267 e. The van der Waals surface area contributed by atoms with Crippen LogP contribution < -0.4 is 10.6 Å². The van der Waals surface area contributed by atoms with Gasteiger partial charge in [-0.1, -0.05) is 36.4 Å². The Hall–Kier alpha value is -2.99. The summed E-state index contributed by atoms with van der Waals surface area (Å²) in [6.07, 6.45) is 1.30. The van der Waals surface area contributed by atoms with E-state index in [9.17, 15) is 14.0 Å². The molecule has 2 N–H and O–H groups in total. The van der Waals surface area contributed by atoms with Gasteiger partial charge in [0.15, 0.2) is 0 Å². The first-order valence-electron chi connectivity index (χ1n) is 7.71. The van der Waals surface area contributed by atoms with E-state index in [1.807, 2.05) is 0 Å². The molecule has 2 rings (SSSR count). The van der Waals surface area contributed by atoms with E-state index in [-0.39, 0.29) is 17.8 Å². The molecule has 0 aliphatic heterocycles. The number of ether oxygens (including phenoxy) is 1. The van der Waals surface area contributed by atoms with Crippen LogP contribution in [0.25, 0.3) is 6.08 Å². The van der Waals surface area contributed by atoms with Crippen LogP contribution >= 0.6 is 0 Å². The normalized spacial score (nSPS) is 11.0.